The molecule has 1 unspecified atom stereocenters. The number of imide groups is 1. The first-order chi connectivity index (χ1) is 5.59. The molecule has 7 heteroatoms. The van der Waals surface area contributed by atoms with E-state index < -0.39 is 24.0 Å². The van der Waals surface area contributed by atoms with Gasteiger partial charge in [-0.15, -0.1) is 0 Å². The lowest BCUT2D eigenvalue weighted by atomic mass is 10.3. The van der Waals surface area contributed by atoms with Crippen molar-refractivity contribution in [3.8, 4) is 0 Å². The quantitative estimate of drug-likeness (QED) is 0.356. The summed E-state index contributed by atoms with van der Waals surface area (Å²) in [5.41, 5.74) is 4.76. The van der Waals surface area contributed by atoms with E-state index in [2.05, 4.69) is 10.6 Å². The van der Waals surface area contributed by atoms with Crippen molar-refractivity contribution in [2.45, 2.75) is 6.04 Å². The van der Waals surface area contributed by atoms with Crippen LogP contribution in [0.4, 0.5) is 9.59 Å². The molecule has 0 bridgehead atoms. The van der Waals surface area contributed by atoms with Gasteiger partial charge in [0, 0.05) is 6.54 Å². The van der Waals surface area contributed by atoms with Crippen LogP contribution < -0.4 is 21.7 Å². The maximum atomic E-state index is 10.8. The molecule has 66 valence electrons. The van der Waals surface area contributed by atoms with Crippen molar-refractivity contribution in [2.75, 3.05) is 6.54 Å². The summed E-state index contributed by atoms with van der Waals surface area (Å²) < 4.78 is 0. The minimum absolute atomic E-state index is 0.00685. The highest BCUT2D eigenvalue weighted by Crippen LogP contribution is 1.90. The molecule has 1 saturated heterocycles. The monoisotopic (exact) mass is 172 g/mol. The van der Waals surface area contributed by atoms with Gasteiger partial charge in [0.1, 0.15) is 6.04 Å². The number of rotatable bonds is 2. The predicted molar refractivity (Wildman–Crippen MR) is 38.0 cm³/mol. The predicted octanol–water partition coefficient (Wildman–Crippen LogP) is -2.14. The standard InChI is InChI=1S/C5H8N4O3/c6-4(11)7-1-2-3(10)9-5(12)8-2/h2H,1H2,(H3,6,7,11)(H2,8,9,10,12). The minimum Gasteiger partial charge on any atom is -0.352 e. The molecule has 0 aromatic rings. The van der Waals surface area contributed by atoms with E-state index in [1.54, 1.807) is 0 Å². The number of amides is 5. The maximum absolute atomic E-state index is 10.8. The number of primary amides is 1. The van der Waals surface area contributed by atoms with Crippen LogP contribution >= 0.6 is 0 Å². The summed E-state index contributed by atoms with van der Waals surface area (Å²) in [4.78, 5) is 31.5. The molecule has 1 fully saturated rings. The van der Waals surface area contributed by atoms with E-state index in [0.717, 1.165) is 0 Å². The molecular formula is C5H8N4O3. The van der Waals surface area contributed by atoms with Crippen LogP contribution in [0.3, 0.4) is 0 Å². The van der Waals surface area contributed by atoms with Gasteiger partial charge in [0.2, 0.25) is 0 Å². The fourth-order valence-corrected chi connectivity index (χ4v) is 0.805. The number of carbonyl (C=O) groups excluding carboxylic acids is 3. The van der Waals surface area contributed by atoms with Crippen LogP contribution in [0.15, 0.2) is 0 Å². The first-order valence-corrected chi connectivity index (χ1v) is 3.24. The topological polar surface area (TPSA) is 113 Å². The molecular weight excluding hydrogens is 164 g/mol. The third-order valence-corrected chi connectivity index (χ3v) is 1.34. The molecule has 1 aliphatic rings. The zero-order valence-corrected chi connectivity index (χ0v) is 6.09. The van der Waals surface area contributed by atoms with Crippen LogP contribution in [-0.2, 0) is 4.79 Å². The van der Waals surface area contributed by atoms with Crippen LogP contribution in [-0.4, -0.2) is 30.6 Å². The molecule has 5 N–H and O–H groups in total. The summed E-state index contributed by atoms with van der Waals surface area (Å²) in [6, 6.07) is -2.01. The highest BCUT2D eigenvalue weighted by atomic mass is 16.2. The smallest absolute Gasteiger partial charge is 0.322 e. The van der Waals surface area contributed by atoms with Gasteiger partial charge in [-0.05, 0) is 0 Å². The van der Waals surface area contributed by atoms with Crippen molar-refractivity contribution in [1.29, 1.82) is 0 Å². The summed E-state index contributed by atoms with van der Waals surface area (Å²) in [6.07, 6.45) is 0. The van der Waals surface area contributed by atoms with Crippen molar-refractivity contribution in [1.82, 2.24) is 16.0 Å². The molecule has 5 amide bonds. The lowest BCUT2D eigenvalue weighted by molar-refractivity contribution is -0.120. The molecule has 0 aromatic heterocycles. The Bertz CT molecular complexity index is 239. The molecule has 0 radical (unpaired) electrons. The SMILES string of the molecule is NC(=O)NCC1NC(=O)NC1=O. The van der Waals surface area contributed by atoms with E-state index in [1.165, 1.54) is 0 Å². The van der Waals surface area contributed by atoms with Gasteiger partial charge in [0.15, 0.2) is 0 Å². The number of nitrogens with two attached hydrogens (primary N) is 1. The van der Waals surface area contributed by atoms with Crippen LogP contribution in [0.1, 0.15) is 0 Å². The summed E-state index contributed by atoms with van der Waals surface area (Å²) in [5.74, 6) is -0.464. The molecule has 1 aliphatic heterocycles. The third kappa shape index (κ3) is 1.84. The number of hydrogen-bond donors (Lipinski definition) is 4. The molecule has 0 spiro atoms. The Morgan fingerprint density at radius 1 is 1.58 bits per heavy atom. The third-order valence-electron chi connectivity index (χ3n) is 1.34. The Hall–Kier alpha value is -1.79. The van der Waals surface area contributed by atoms with Gasteiger partial charge in [-0.1, -0.05) is 0 Å². The van der Waals surface area contributed by atoms with Gasteiger partial charge >= 0.3 is 12.1 Å². The zero-order valence-electron chi connectivity index (χ0n) is 6.09. The van der Waals surface area contributed by atoms with Crippen LogP contribution in [0.2, 0.25) is 0 Å². The number of carbonyl (C=O) groups is 3. The minimum atomic E-state index is -0.732. The van der Waals surface area contributed by atoms with Gasteiger partial charge in [0.05, 0.1) is 0 Å². The zero-order chi connectivity index (χ0) is 9.14. The second-order valence-corrected chi connectivity index (χ2v) is 2.26. The number of nitrogens with one attached hydrogen (secondary N) is 3. The molecule has 0 aliphatic carbocycles. The lowest BCUT2D eigenvalue weighted by Crippen LogP contribution is -2.43. The fourth-order valence-electron chi connectivity index (χ4n) is 0.805. The fraction of sp³-hybridized carbons (Fsp3) is 0.400. The number of urea groups is 2. The highest BCUT2D eigenvalue weighted by Gasteiger charge is 2.29. The summed E-state index contributed by atoms with van der Waals surface area (Å²) >= 11 is 0. The summed E-state index contributed by atoms with van der Waals surface area (Å²) in [5, 5.41) is 6.50. The van der Waals surface area contributed by atoms with E-state index >= 15 is 0 Å². The van der Waals surface area contributed by atoms with E-state index in [9.17, 15) is 14.4 Å². The van der Waals surface area contributed by atoms with Crippen molar-refractivity contribution >= 4 is 18.0 Å². The van der Waals surface area contributed by atoms with Gasteiger partial charge < -0.3 is 16.4 Å². The average molecular weight is 172 g/mol. The van der Waals surface area contributed by atoms with E-state index in [0.29, 0.717) is 0 Å². The Morgan fingerprint density at radius 3 is 2.67 bits per heavy atom. The maximum Gasteiger partial charge on any atom is 0.322 e. The van der Waals surface area contributed by atoms with Crippen molar-refractivity contribution < 1.29 is 14.4 Å². The lowest BCUT2D eigenvalue weighted by Gasteiger charge is -2.05. The molecule has 0 aromatic carbocycles. The van der Waals surface area contributed by atoms with Crippen molar-refractivity contribution in [2.24, 2.45) is 5.73 Å². The van der Waals surface area contributed by atoms with Gasteiger partial charge in [-0.3, -0.25) is 10.1 Å². The van der Waals surface area contributed by atoms with Crippen molar-refractivity contribution in [3.05, 3.63) is 0 Å². The van der Waals surface area contributed by atoms with Crippen LogP contribution in [0, 0.1) is 0 Å². The Labute approximate surface area is 67.7 Å². The van der Waals surface area contributed by atoms with Gasteiger partial charge in [-0.2, -0.15) is 0 Å². The van der Waals surface area contributed by atoms with Gasteiger partial charge in [0.25, 0.3) is 5.91 Å². The largest absolute Gasteiger partial charge is 0.352 e. The summed E-state index contributed by atoms with van der Waals surface area (Å²) in [7, 11) is 0. The van der Waals surface area contributed by atoms with E-state index in [-0.39, 0.29) is 6.54 Å². The number of hydrogen-bond acceptors (Lipinski definition) is 3. The van der Waals surface area contributed by atoms with E-state index in [1.807, 2.05) is 5.32 Å². The molecule has 7 nitrogen and oxygen atoms in total. The second-order valence-electron chi connectivity index (χ2n) is 2.26. The molecule has 12 heavy (non-hydrogen) atoms. The normalized spacial score (nSPS) is 21.5. The van der Waals surface area contributed by atoms with Crippen molar-refractivity contribution in [3.63, 3.8) is 0 Å². The van der Waals surface area contributed by atoms with E-state index in [4.69, 9.17) is 5.73 Å². The Kier molecular flexibility index (Phi) is 2.13. The highest BCUT2D eigenvalue weighted by molar-refractivity contribution is 6.04. The van der Waals surface area contributed by atoms with Gasteiger partial charge in [-0.25, -0.2) is 9.59 Å². The molecule has 0 saturated carbocycles. The first kappa shape index (κ1) is 8.31. The molecule has 1 rings (SSSR count). The average Bonchev–Trinajstić information content (AvgIpc) is 2.26. The molecule has 1 atom stereocenters. The Morgan fingerprint density at radius 2 is 2.25 bits per heavy atom. The summed E-state index contributed by atoms with van der Waals surface area (Å²) in [6.45, 7) is 0.00685. The van der Waals surface area contributed by atoms with Crippen LogP contribution in [0.5, 0.6) is 0 Å². The first-order valence-electron chi connectivity index (χ1n) is 3.24. The Balaban J connectivity index is 2.38. The molecule has 1 heterocycles. The van der Waals surface area contributed by atoms with Crippen LogP contribution in [0.25, 0.3) is 0 Å². The second kappa shape index (κ2) is 3.07.